The number of amides is 1. The Morgan fingerprint density at radius 2 is 1.87 bits per heavy atom. The molecule has 31 heavy (non-hydrogen) atoms. The van der Waals surface area contributed by atoms with Crippen LogP contribution in [0.2, 0.25) is 0 Å². The molecule has 7 heteroatoms. The predicted octanol–water partition coefficient (Wildman–Crippen LogP) is 4.27. The number of aryl methyl sites for hydroxylation is 1. The number of imidazole rings is 1. The number of ether oxygens (including phenoxy) is 2. The molecule has 0 bridgehead atoms. The fraction of sp³-hybridized carbons (Fsp3) is 0.250. The standard InChI is InChI=1S/C24H23N3O4/c1-14-18-9-8-17(30-3)12-20(18)31-23(14)24(28)27-11-10-19-21(26-13-25-19)22(27)15-4-6-16(29-2)7-5-15/h4-9,12-13,22H,10-11H2,1-3H3,(H,25,26). The summed E-state index contributed by atoms with van der Waals surface area (Å²) in [6.45, 7) is 2.47. The molecular weight excluding hydrogens is 394 g/mol. The van der Waals surface area contributed by atoms with Crippen LogP contribution >= 0.6 is 0 Å². The molecule has 0 saturated heterocycles. The Labute approximate surface area is 179 Å². The van der Waals surface area contributed by atoms with E-state index >= 15 is 0 Å². The van der Waals surface area contributed by atoms with Crippen molar-refractivity contribution in [1.29, 1.82) is 0 Å². The van der Waals surface area contributed by atoms with Crippen molar-refractivity contribution >= 4 is 16.9 Å². The second kappa shape index (κ2) is 7.50. The van der Waals surface area contributed by atoms with Crippen LogP contribution in [0.15, 0.2) is 53.2 Å². The number of methoxy groups -OCH3 is 2. The SMILES string of the molecule is COc1ccc(C2c3nc[nH]c3CCN2C(=O)c2oc3cc(OC)ccc3c2C)cc1. The van der Waals surface area contributed by atoms with Crippen LogP contribution in [0.1, 0.15) is 39.1 Å². The Morgan fingerprint density at radius 3 is 2.61 bits per heavy atom. The molecule has 0 spiro atoms. The summed E-state index contributed by atoms with van der Waals surface area (Å²) in [5, 5.41) is 0.905. The van der Waals surface area contributed by atoms with Crippen LogP contribution in [0.4, 0.5) is 0 Å². The molecule has 4 aromatic rings. The summed E-state index contributed by atoms with van der Waals surface area (Å²) in [7, 11) is 3.24. The molecule has 0 radical (unpaired) electrons. The van der Waals surface area contributed by atoms with Gasteiger partial charge in [-0.2, -0.15) is 0 Å². The molecule has 1 atom stereocenters. The minimum Gasteiger partial charge on any atom is -0.497 e. The zero-order chi connectivity index (χ0) is 21.5. The maximum absolute atomic E-state index is 13.7. The van der Waals surface area contributed by atoms with Gasteiger partial charge in [-0.3, -0.25) is 4.79 Å². The van der Waals surface area contributed by atoms with Gasteiger partial charge in [0.25, 0.3) is 5.91 Å². The topological polar surface area (TPSA) is 80.6 Å². The van der Waals surface area contributed by atoms with Gasteiger partial charge in [-0.05, 0) is 36.8 Å². The largest absolute Gasteiger partial charge is 0.497 e. The van der Waals surface area contributed by atoms with Crippen molar-refractivity contribution in [3.05, 3.63) is 77.1 Å². The predicted molar refractivity (Wildman–Crippen MR) is 116 cm³/mol. The molecule has 2 aromatic carbocycles. The number of hydrogen-bond acceptors (Lipinski definition) is 5. The summed E-state index contributed by atoms with van der Waals surface area (Å²) < 4.78 is 16.6. The van der Waals surface area contributed by atoms with E-state index in [1.807, 2.05) is 54.3 Å². The average molecular weight is 417 g/mol. The summed E-state index contributed by atoms with van der Waals surface area (Å²) in [6, 6.07) is 13.0. The van der Waals surface area contributed by atoms with E-state index in [2.05, 4.69) is 9.97 Å². The van der Waals surface area contributed by atoms with Gasteiger partial charge in [0.2, 0.25) is 0 Å². The average Bonchev–Trinajstić information content (AvgIpc) is 3.42. The maximum Gasteiger partial charge on any atom is 0.290 e. The number of nitrogens with one attached hydrogen (secondary N) is 1. The zero-order valence-corrected chi connectivity index (χ0v) is 17.6. The van der Waals surface area contributed by atoms with Gasteiger partial charge in [0.05, 0.1) is 26.2 Å². The van der Waals surface area contributed by atoms with Crippen molar-refractivity contribution in [2.75, 3.05) is 20.8 Å². The number of carbonyl (C=O) groups is 1. The lowest BCUT2D eigenvalue weighted by molar-refractivity contribution is 0.0659. The Balaban J connectivity index is 1.58. The molecule has 7 nitrogen and oxygen atoms in total. The Hall–Kier alpha value is -3.74. The van der Waals surface area contributed by atoms with Gasteiger partial charge < -0.3 is 23.8 Å². The van der Waals surface area contributed by atoms with Gasteiger partial charge in [-0.15, -0.1) is 0 Å². The Kier molecular flexibility index (Phi) is 4.66. The van der Waals surface area contributed by atoms with Gasteiger partial charge >= 0.3 is 0 Å². The van der Waals surface area contributed by atoms with Gasteiger partial charge in [-0.25, -0.2) is 4.98 Å². The molecule has 1 aliphatic rings. The van der Waals surface area contributed by atoms with Gasteiger partial charge in [0.15, 0.2) is 5.76 Å². The molecule has 1 amide bonds. The summed E-state index contributed by atoms with van der Waals surface area (Å²) in [5.41, 5.74) is 4.34. The maximum atomic E-state index is 13.7. The molecule has 3 heterocycles. The molecular formula is C24H23N3O4. The minimum atomic E-state index is -0.310. The van der Waals surface area contributed by atoms with E-state index < -0.39 is 0 Å². The van der Waals surface area contributed by atoms with Crippen LogP contribution in [-0.2, 0) is 6.42 Å². The van der Waals surface area contributed by atoms with Crippen LogP contribution < -0.4 is 9.47 Å². The fourth-order valence-electron chi connectivity index (χ4n) is 4.29. The van der Waals surface area contributed by atoms with Gasteiger partial charge in [0.1, 0.15) is 23.1 Å². The molecule has 158 valence electrons. The van der Waals surface area contributed by atoms with Crippen molar-refractivity contribution in [2.24, 2.45) is 0 Å². The van der Waals surface area contributed by atoms with E-state index in [0.29, 0.717) is 30.1 Å². The number of carbonyl (C=O) groups excluding carboxylic acids is 1. The third-order valence-corrected chi connectivity index (χ3v) is 5.96. The summed E-state index contributed by atoms with van der Waals surface area (Å²) in [4.78, 5) is 23.3. The number of rotatable bonds is 4. The molecule has 1 N–H and O–H groups in total. The first-order chi connectivity index (χ1) is 15.1. The van der Waals surface area contributed by atoms with Gasteiger partial charge in [0, 0.05) is 35.7 Å². The zero-order valence-electron chi connectivity index (χ0n) is 17.6. The van der Waals surface area contributed by atoms with E-state index in [1.54, 1.807) is 20.5 Å². The van der Waals surface area contributed by atoms with Crippen molar-refractivity contribution in [3.63, 3.8) is 0 Å². The van der Waals surface area contributed by atoms with Gasteiger partial charge in [-0.1, -0.05) is 12.1 Å². The second-order valence-corrected chi connectivity index (χ2v) is 7.61. The van der Waals surface area contributed by atoms with E-state index in [-0.39, 0.29) is 11.9 Å². The molecule has 0 fully saturated rings. The highest BCUT2D eigenvalue weighted by molar-refractivity contribution is 5.99. The number of aromatic nitrogens is 2. The summed E-state index contributed by atoms with van der Waals surface area (Å²) >= 11 is 0. The highest BCUT2D eigenvalue weighted by Crippen LogP contribution is 2.37. The summed E-state index contributed by atoms with van der Waals surface area (Å²) in [6.07, 6.45) is 2.40. The van der Waals surface area contributed by atoms with Crippen molar-refractivity contribution in [2.45, 2.75) is 19.4 Å². The lowest BCUT2D eigenvalue weighted by atomic mass is 9.95. The first-order valence-corrected chi connectivity index (χ1v) is 10.1. The van der Waals surface area contributed by atoms with E-state index in [4.69, 9.17) is 13.9 Å². The molecule has 5 rings (SSSR count). The lowest BCUT2D eigenvalue weighted by Gasteiger charge is -2.35. The first-order valence-electron chi connectivity index (χ1n) is 10.1. The van der Waals surface area contributed by atoms with Crippen molar-refractivity contribution in [1.82, 2.24) is 14.9 Å². The lowest BCUT2D eigenvalue weighted by Crippen LogP contribution is -2.40. The third kappa shape index (κ3) is 3.13. The number of fused-ring (bicyclic) bond motifs is 2. The molecule has 1 aliphatic heterocycles. The molecule has 1 unspecified atom stereocenters. The molecule has 2 aromatic heterocycles. The number of H-pyrrole nitrogens is 1. The highest BCUT2D eigenvalue weighted by Gasteiger charge is 2.36. The Bertz CT molecular complexity index is 1260. The number of hydrogen-bond donors (Lipinski definition) is 1. The fourth-order valence-corrected chi connectivity index (χ4v) is 4.29. The number of benzene rings is 2. The molecule has 0 saturated carbocycles. The van der Waals surface area contributed by atoms with Crippen molar-refractivity contribution < 1.29 is 18.7 Å². The van der Waals surface area contributed by atoms with E-state index in [0.717, 1.165) is 33.7 Å². The number of aromatic amines is 1. The Morgan fingerprint density at radius 1 is 1.13 bits per heavy atom. The number of furan rings is 1. The van der Waals surface area contributed by atoms with Crippen LogP contribution in [0.25, 0.3) is 11.0 Å². The van der Waals surface area contributed by atoms with Crippen LogP contribution in [-0.4, -0.2) is 41.5 Å². The highest BCUT2D eigenvalue weighted by atomic mass is 16.5. The van der Waals surface area contributed by atoms with Crippen LogP contribution in [0.3, 0.4) is 0 Å². The third-order valence-electron chi connectivity index (χ3n) is 5.96. The van der Waals surface area contributed by atoms with E-state index in [9.17, 15) is 4.79 Å². The summed E-state index contributed by atoms with van der Waals surface area (Å²) in [5.74, 6) is 1.65. The monoisotopic (exact) mass is 417 g/mol. The van der Waals surface area contributed by atoms with Crippen molar-refractivity contribution in [3.8, 4) is 11.5 Å². The quantitative estimate of drug-likeness (QED) is 0.536. The first kappa shape index (κ1) is 19.2. The van der Waals surface area contributed by atoms with E-state index in [1.165, 1.54) is 0 Å². The second-order valence-electron chi connectivity index (χ2n) is 7.61. The smallest absolute Gasteiger partial charge is 0.290 e. The normalized spacial score (nSPS) is 15.7. The van der Waals surface area contributed by atoms with Crippen LogP contribution in [0.5, 0.6) is 11.5 Å². The minimum absolute atomic E-state index is 0.151. The number of nitrogens with zero attached hydrogens (tertiary/aromatic N) is 2. The van der Waals surface area contributed by atoms with Crippen LogP contribution in [0, 0.1) is 6.92 Å². The molecule has 0 aliphatic carbocycles.